The van der Waals surface area contributed by atoms with E-state index < -0.39 is 0 Å². The maximum atomic E-state index is 5.24. The van der Waals surface area contributed by atoms with Crippen molar-refractivity contribution >= 4 is 43.9 Å². The summed E-state index contributed by atoms with van der Waals surface area (Å²) in [6.07, 6.45) is 3.73. The van der Waals surface area contributed by atoms with Crippen LogP contribution in [0.25, 0.3) is 89.2 Å². The third kappa shape index (κ3) is 4.50. The van der Waals surface area contributed by atoms with Crippen molar-refractivity contribution in [3.63, 3.8) is 0 Å². The van der Waals surface area contributed by atoms with E-state index in [9.17, 15) is 0 Å². The topological polar surface area (TPSA) is 61.4 Å². The van der Waals surface area contributed by atoms with Crippen LogP contribution in [0.15, 0.2) is 170 Å². The van der Waals surface area contributed by atoms with Gasteiger partial charge in [-0.1, -0.05) is 97.1 Å². The Morgan fingerprint density at radius 3 is 1.38 bits per heavy atom. The molecule has 0 amide bonds. The van der Waals surface area contributed by atoms with Crippen LogP contribution >= 0.6 is 0 Å². The van der Waals surface area contributed by atoms with Crippen molar-refractivity contribution in [1.82, 2.24) is 29.1 Å². The molecule has 10 rings (SSSR count). The van der Waals surface area contributed by atoms with E-state index >= 15 is 0 Å². The first kappa shape index (κ1) is 28.1. The smallest absolute Gasteiger partial charge is 0.160 e. The number of pyridine rings is 2. The average molecular weight is 641 g/mol. The van der Waals surface area contributed by atoms with Crippen LogP contribution < -0.4 is 0 Å². The first-order valence-electron chi connectivity index (χ1n) is 16.6. The summed E-state index contributed by atoms with van der Waals surface area (Å²) in [5.41, 5.74) is 12.9. The molecule has 0 aliphatic rings. The molecule has 0 aliphatic carbocycles. The third-order valence-electron chi connectivity index (χ3n) is 9.40. The summed E-state index contributed by atoms with van der Waals surface area (Å²) in [5, 5.41) is 2.21. The minimum atomic E-state index is 0.677. The van der Waals surface area contributed by atoms with Crippen LogP contribution in [-0.2, 0) is 0 Å². The fraction of sp³-hybridized carbons (Fsp3) is 0. The van der Waals surface area contributed by atoms with Gasteiger partial charge in [0.05, 0.1) is 44.5 Å². The number of hydrogen-bond acceptors (Lipinski definition) is 4. The molecule has 0 spiro atoms. The Morgan fingerprint density at radius 1 is 0.360 bits per heavy atom. The summed E-state index contributed by atoms with van der Waals surface area (Å²) in [4.78, 5) is 20.0. The molecule has 50 heavy (non-hydrogen) atoms. The van der Waals surface area contributed by atoms with Crippen molar-refractivity contribution in [3.8, 4) is 45.3 Å². The van der Waals surface area contributed by atoms with Crippen molar-refractivity contribution in [3.05, 3.63) is 170 Å². The monoisotopic (exact) mass is 640 g/mol. The molecule has 234 valence electrons. The highest BCUT2D eigenvalue weighted by molar-refractivity contribution is 6.08. The van der Waals surface area contributed by atoms with Gasteiger partial charge in [0, 0.05) is 51.2 Å². The molecule has 5 aromatic carbocycles. The first-order valence-corrected chi connectivity index (χ1v) is 16.6. The van der Waals surface area contributed by atoms with Crippen LogP contribution in [-0.4, -0.2) is 29.1 Å². The summed E-state index contributed by atoms with van der Waals surface area (Å²) in [6, 6.07) is 54.6. The summed E-state index contributed by atoms with van der Waals surface area (Å²) in [6.45, 7) is 0. The van der Waals surface area contributed by atoms with Gasteiger partial charge in [-0.05, 0) is 60.7 Å². The van der Waals surface area contributed by atoms with Crippen molar-refractivity contribution in [1.29, 1.82) is 0 Å². The molecule has 6 nitrogen and oxygen atoms in total. The maximum Gasteiger partial charge on any atom is 0.160 e. The minimum absolute atomic E-state index is 0.677. The van der Waals surface area contributed by atoms with Crippen LogP contribution in [0.3, 0.4) is 0 Å². The molecule has 0 bridgehead atoms. The lowest BCUT2D eigenvalue weighted by molar-refractivity contribution is 1.12. The molecule has 6 heteroatoms. The molecular weight excluding hydrogens is 613 g/mol. The van der Waals surface area contributed by atoms with Crippen molar-refractivity contribution < 1.29 is 0 Å². The van der Waals surface area contributed by atoms with Gasteiger partial charge in [-0.2, -0.15) is 0 Å². The first-order chi connectivity index (χ1) is 24.8. The largest absolute Gasteiger partial charge is 0.308 e. The lowest BCUT2D eigenvalue weighted by Gasteiger charge is -2.16. The van der Waals surface area contributed by atoms with E-state index in [0.29, 0.717) is 5.82 Å². The Bertz CT molecular complexity index is 2570. The highest BCUT2D eigenvalue weighted by Gasteiger charge is 2.19. The van der Waals surface area contributed by atoms with Crippen molar-refractivity contribution in [2.24, 2.45) is 0 Å². The quantitative estimate of drug-likeness (QED) is 0.188. The van der Waals surface area contributed by atoms with Crippen LogP contribution in [0.1, 0.15) is 0 Å². The van der Waals surface area contributed by atoms with Gasteiger partial charge in [0.1, 0.15) is 0 Å². The summed E-state index contributed by atoms with van der Waals surface area (Å²) >= 11 is 0. The number of fused-ring (bicyclic) bond motifs is 6. The second-order valence-electron chi connectivity index (χ2n) is 12.4. The standard InChI is InChI=1S/C44H28N6/c1-3-13-29(14-4-1)36-28-37(48-44(47-36)30-15-5-2-6-16-30)31-25-32(49-38-19-9-7-17-34(38)42-40(49)21-11-23-45-42)27-33(26-31)50-39-20-10-8-18-35(39)43-41(50)22-12-24-46-43/h1-28H. The van der Waals surface area contributed by atoms with Crippen LogP contribution in [0.2, 0.25) is 0 Å². The molecular formula is C44H28N6. The SMILES string of the molecule is c1ccc(-c2cc(-c3cc(-n4c5ccccc5c5ncccc54)cc(-n4c5ccccc5c5ncccc54)c3)nc(-c3ccccc3)n2)cc1. The van der Waals surface area contributed by atoms with Crippen LogP contribution in [0.5, 0.6) is 0 Å². The van der Waals surface area contributed by atoms with Gasteiger partial charge in [0.25, 0.3) is 0 Å². The molecule has 5 heterocycles. The molecule has 5 aromatic heterocycles. The van der Waals surface area contributed by atoms with Gasteiger partial charge < -0.3 is 9.13 Å². The molecule has 0 aliphatic heterocycles. The van der Waals surface area contributed by atoms with Gasteiger partial charge in [-0.25, -0.2) is 9.97 Å². The molecule has 0 saturated heterocycles. The normalized spacial score (nSPS) is 11.6. The Labute approximate surface area is 287 Å². The van der Waals surface area contributed by atoms with Gasteiger partial charge in [-0.15, -0.1) is 0 Å². The maximum absolute atomic E-state index is 5.24. The van der Waals surface area contributed by atoms with E-state index in [1.807, 2.05) is 60.9 Å². The third-order valence-corrected chi connectivity index (χ3v) is 9.40. The van der Waals surface area contributed by atoms with Gasteiger partial charge in [0.15, 0.2) is 5.82 Å². The van der Waals surface area contributed by atoms with E-state index in [1.54, 1.807) is 0 Å². The summed E-state index contributed by atoms with van der Waals surface area (Å²) in [7, 11) is 0. The lowest BCUT2D eigenvalue weighted by atomic mass is 10.0. The zero-order chi connectivity index (χ0) is 33.0. The lowest BCUT2D eigenvalue weighted by Crippen LogP contribution is -2.01. The summed E-state index contributed by atoms with van der Waals surface area (Å²) < 4.78 is 4.63. The number of aromatic nitrogens is 6. The predicted octanol–water partition coefficient (Wildman–Crippen LogP) is 10.5. The van der Waals surface area contributed by atoms with E-state index in [0.717, 1.165) is 83.3 Å². The molecule has 0 N–H and O–H groups in total. The molecule has 0 saturated carbocycles. The average Bonchev–Trinajstić information content (AvgIpc) is 3.71. The number of hydrogen-bond donors (Lipinski definition) is 0. The Kier molecular flexibility index (Phi) is 6.39. The molecule has 0 radical (unpaired) electrons. The zero-order valence-electron chi connectivity index (χ0n) is 26.8. The van der Waals surface area contributed by atoms with E-state index in [1.165, 1.54) is 0 Å². The fourth-order valence-electron chi connectivity index (χ4n) is 7.19. The minimum Gasteiger partial charge on any atom is -0.308 e. The molecule has 10 aromatic rings. The van der Waals surface area contributed by atoms with E-state index in [2.05, 4.69) is 118 Å². The second-order valence-corrected chi connectivity index (χ2v) is 12.4. The number of benzene rings is 5. The molecule has 0 atom stereocenters. The van der Waals surface area contributed by atoms with Gasteiger partial charge in [-0.3, -0.25) is 9.97 Å². The zero-order valence-corrected chi connectivity index (χ0v) is 26.8. The van der Waals surface area contributed by atoms with Crippen LogP contribution in [0, 0.1) is 0 Å². The van der Waals surface area contributed by atoms with E-state index in [4.69, 9.17) is 19.9 Å². The fourth-order valence-corrected chi connectivity index (χ4v) is 7.19. The van der Waals surface area contributed by atoms with E-state index in [-0.39, 0.29) is 0 Å². The Morgan fingerprint density at radius 2 is 0.820 bits per heavy atom. The highest BCUT2D eigenvalue weighted by Crippen LogP contribution is 2.37. The number of nitrogens with zero attached hydrogens (tertiary/aromatic N) is 6. The Hall–Kier alpha value is -6.92. The van der Waals surface area contributed by atoms with Crippen molar-refractivity contribution in [2.45, 2.75) is 0 Å². The number of para-hydroxylation sites is 2. The van der Waals surface area contributed by atoms with Crippen molar-refractivity contribution in [2.75, 3.05) is 0 Å². The predicted molar refractivity (Wildman–Crippen MR) is 203 cm³/mol. The Balaban J connectivity index is 1.31. The van der Waals surface area contributed by atoms with Gasteiger partial charge >= 0.3 is 0 Å². The summed E-state index contributed by atoms with van der Waals surface area (Å²) in [5.74, 6) is 0.677. The number of rotatable bonds is 5. The molecule has 0 fully saturated rings. The van der Waals surface area contributed by atoms with Crippen LogP contribution in [0.4, 0.5) is 0 Å². The second kappa shape index (κ2) is 11.4. The van der Waals surface area contributed by atoms with Gasteiger partial charge in [0.2, 0.25) is 0 Å². The highest BCUT2D eigenvalue weighted by atomic mass is 15.0. The molecule has 0 unspecified atom stereocenters.